The largest absolute Gasteiger partial charge is 0.472 e. The van der Waals surface area contributed by atoms with Crippen LogP contribution in [0.15, 0.2) is 85.1 Å². The van der Waals surface area contributed by atoms with Crippen molar-refractivity contribution in [1.29, 1.82) is 0 Å². The predicted octanol–water partition coefficient (Wildman–Crippen LogP) is 8.12. The minimum Gasteiger partial charge on any atom is -0.462 e. The average Bonchev–Trinajstić information content (AvgIpc) is 3.32. The minimum absolute atomic E-state index is 0.0586. The van der Waals surface area contributed by atoms with Gasteiger partial charge in [0.05, 0.1) is 18.8 Å². The van der Waals surface area contributed by atoms with Crippen molar-refractivity contribution < 1.29 is 87.1 Å². The predicted molar refractivity (Wildman–Crippen MR) is 271 cm³/mol. The van der Waals surface area contributed by atoms with Gasteiger partial charge in [0, 0.05) is 12.8 Å². The molecule has 18 nitrogen and oxygen atoms in total. The van der Waals surface area contributed by atoms with E-state index in [4.69, 9.17) is 18.5 Å². The van der Waals surface area contributed by atoms with E-state index in [0.29, 0.717) is 19.3 Å². The summed E-state index contributed by atoms with van der Waals surface area (Å²) in [5, 5.41) is 62.1. The van der Waals surface area contributed by atoms with Crippen LogP contribution in [0.2, 0.25) is 0 Å². The molecule has 1 fully saturated rings. The summed E-state index contributed by atoms with van der Waals surface area (Å²) >= 11 is 0. The number of carbonyl (C=O) groups is 2. The van der Waals surface area contributed by atoms with Crippen molar-refractivity contribution in [3.05, 3.63) is 85.1 Å². The molecule has 1 rings (SSSR count). The minimum atomic E-state index is -5.40. The Hall–Kier alpha value is -2.90. The zero-order valence-electron chi connectivity index (χ0n) is 41.8. The summed E-state index contributed by atoms with van der Waals surface area (Å²) in [7, 11) is -10.8. The Balaban J connectivity index is 2.70. The van der Waals surface area contributed by atoms with Crippen LogP contribution in [-0.2, 0) is 41.8 Å². The van der Waals surface area contributed by atoms with Gasteiger partial charge in [-0.3, -0.25) is 23.2 Å². The van der Waals surface area contributed by atoms with Gasteiger partial charge in [-0.15, -0.1) is 0 Å². The normalized spacial score (nSPS) is 22.5. The SMILES string of the molecule is CCCCC/C=C\C/C=C\C/C=C\C/C=C\CCCCCC(=O)O[C@H](COC(=O)CCCC(O)C(O)C/C=C\C/C=C\C/C=C\CCCCC)COP(=O)(O)O[C@H]1C(O)C(O)C(O)[C@@H](OP(=O)(O)O)C1O. The summed E-state index contributed by atoms with van der Waals surface area (Å²) in [6.07, 6.45) is 28.2. The van der Waals surface area contributed by atoms with Crippen molar-refractivity contribution >= 4 is 27.6 Å². The van der Waals surface area contributed by atoms with Crippen molar-refractivity contribution in [3.8, 4) is 0 Å². The summed E-state index contributed by atoms with van der Waals surface area (Å²) in [5.41, 5.74) is 0. The van der Waals surface area contributed by atoms with Crippen LogP contribution in [0.3, 0.4) is 0 Å². The van der Waals surface area contributed by atoms with Crippen LogP contribution < -0.4 is 0 Å². The first-order valence-corrected chi connectivity index (χ1v) is 28.3. The van der Waals surface area contributed by atoms with Gasteiger partial charge in [0.1, 0.15) is 43.2 Å². The number of phosphoric acid groups is 2. The molecule has 0 spiro atoms. The number of ether oxygens (including phenoxy) is 2. The third kappa shape index (κ3) is 34.3. The summed E-state index contributed by atoms with van der Waals surface area (Å²) in [4.78, 5) is 54.4. The van der Waals surface area contributed by atoms with Gasteiger partial charge < -0.3 is 54.8 Å². The monoisotopic (exact) mass is 1050 g/mol. The number of hydrogen-bond acceptors (Lipinski definition) is 15. The van der Waals surface area contributed by atoms with Crippen molar-refractivity contribution in [3.63, 3.8) is 0 Å². The Morgan fingerprint density at radius 3 is 1.45 bits per heavy atom. The molecule has 0 aliphatic heterocycles. The number of aliphatic hydroxyl groups excluding tert-OH is 6. The third-order valence-electron chi connectivity index (χ3n) is 11.1. The lowest BCUT2D eigenvalue weighted by atomic mass is 9.85. The fourth-order valence-electron chi connectivity index (χ4n) is 7.05. The van der Waals surface area contributed by atoms with Crippen LogP contribution in [0.5, 0.6) is 0 Å². The number of aliphatic hydroxyl groups is 6. The number of unbranched alkanes of at least 4 members (excludes halogenated alkanes) is 9. The van der Waals surface area contributed by atoms with Gasteiger partial charge in [-0.05, 0) is 96.3 Å². The second-order valence-corrected chi connectivity index (χ2v) is 20.1. The molecule has 1 aliphatic rings. The van der Waals surface area contributed by atoms with Crippen molar-refractivity contribution in [2.24, 2.45) is 0 Å². The fraction of sp³-hybridized carbons (Fsp3) is 0.686. The molecule has 0 amide bonds. The van der Waals surface area contributed by atoms with E-state index < -0.39 is 95.7 Å². The van der Waals surface area contributed by atoms with E-state index >= 15 is 0 Å². The number of hydrogen-bond donors (Lipinski definition) is 9. The first-order chi connectivity index (χ1) is 33.9. The first kappa shape index (κ1) is 66.1. The lowest BCUT2D eigenvalue weighted by Crippen LogP contribution is -2.64. The molecule has 0 heterocycles. The molecule has 1 aliphatic carbocycles. The van der Waals surface area contributed by atoms with E-state index in [1.807, 2.05) is 12.2 Å². The van der Waals surface area contributed by atoms with Crippen LogP contribution in [-0.4, -0.2) is 125 Å². The van der Waals surface area contributed by atoms with E-state index in [1.165, 1.54) is 38.5 Å². The zero-order valence-corrected chi connectivity index (χ0v) is 43.6. The van der Waals surface area contributed by atoms with E-state index in [9.17, 15) is 64.0 Å². The maximum absolute atomic E-state index is 13.0. The molecular weight excluding hydrogens is 962 g/mol. The Kier molecular flexibility index (Phi) is 37.7. The molecule has 0 saturated heterocycles. The van der Waals surface area contributed by atoms with Crippen LogP contribution in [0.1, 0.15) is 155 Å². The quantitative estimate of drug-likeness (QED) is 0.0121. The average molecular weight is 1050 g/mol. The topological polar surface area (TPSA) is 296 Å². The van der Waals surface area contributed by atoms with E-state index in [-0.39, 0.29) is 32.1 Å². The Morgan fingerprint density at radius 2 is 0.958 bits per heavy atom. The second-order valence-electron chi connectivity index (χ2n) is 17.5. The van der Waals surface area contributed by atoms with Crippen molar-refractivity contribution in [2.45, 2.75) is 210 Å². The summed E-state index contributed by atoms with van der Waals surface area (Å²) in [6.45, 7) is 2.78. The number of carbonyl (C=O) groups excluding carboxylic acids is 2. The van der Waals surface area contributed by atoms with Gasteiger partial charge in [0.15, 0.2) is 6.10 Å². The van der Waals surface area contributed by atoms with Gasteiger partial charge in [-0.1, -0.05) is 131 Å². The van der Waals surface area contributed by atoms with Gasteiger partial charge in [-0.25, -0.2) is 9.13 Å². The number of allylic oxidation sites excluding steroid dienone is 13. The Bertz CT molecular complexity index is 1720. The van der Waals surface area contributed by atoms with Crippen molar-refractivity contribution in [2.75, 3.05) is 13.2 Å². The summed E-state index contributed by atoms with van der Waals surface area (Å²) < 4.78 is 49.2. The lowest BCUT2D eigenvalue weighted by molar-refractivity contribution is -0.216. The van der Waals surface area contributed by atoms with Crippen molar-refractivity contribution in [1.82, 2.24) is 0 Å². The maximum Gasteiger partial charge on any atom is 0.472 e. The molecule has 0 aromatic carbocycles. The third-order valence-corrected chi connectivity index (χ3v) is 12.6. The highest BCUT2D eigenvalue weighted by atomic mass is 31.2. The smallest absolute Gasteiger partial charge is 0.462 e. The van der Waals surface area contributed by atoms with Gasteiger partial charge >= 0.3 is 27.6 Å². The highest BCUT2D eigenvalue weighted by Crippen LogP contribution is 2.49. The Morgan fingerprint density at radius 1 is 0.507 bits per heavy atom. The molecule has 7 unspecified atom stereocenters. The summed E-state index contributed by atoms with van der Waals surface area (Å²) in [6, 6.07) is 0. The molecule has 0 aromatic heterocycles. The highest BCUT2D eigenvalue weighted by molar-refractivity contribution is 7.47. The molecule has 0 bridgehead atoms. The second kappa shape index (κ2) is 40.5. The molecule has 0 aromatic rings. The Labute approximate surface area is 421 Å². The number of esters is 2. The lowest BCUT2D eigenvalue weighted by Gasteiger charge is -2.43. The van der Waals surface area contributed by atoms with Gasteiger partial charge in [-0.2, -0.15) is 0 Å². The van der Waals surface area contributed by atoms with Crippen LogP contribution in [0, 0.1) is 0 Å². The standard InChI is InChI=1S/C51H86O18P2/c1-3-5-7-9-11-13-15-17-18-19-20-21-22-23-25-27-29-31-33-37-45(55)67-41(40-66-71(63,64)69-51-48(58)46(56)47(57)50(49(51)59)68-70(60,61)62)39-65-44(54)38-34-36-43(53)42(52)35-32-30-28-26-24-16-14-12-10-8-6-4-2/h11-14,17-18,20-21,23-26,30,32,41-43,46-53,56-59H,3-10,15-16,19,22,27-29,31,33-40H2,1-2H3,(H,63,64)(H2,60,61,62)/b13-11-,14-12-,18-17-,21-20-,25-23-,26-24-,32-30-/t41-,42?,43?,46?,47?,48?,49?,50-,51+/m1/s1. The van der Waals surface area contributed by atoms with E-state index in [1.54, 1.807) is 6.08 Å². The van der Waals surface area contributed by atoms with Crippen LogP contribution >= 0.6 is 15.6 Å². The van der Waals surface area contributed by atoms with Crippen LogP contribution in [0.25, 0.3) is 0 Å². The number of phosphoric ester groups is 2. The molecular formula is C51H86O18P2. The fourth-order valence-corrected chi connectivity index (χ4v) is 8.59. The molecule has 0 radical (unpaired) electrons. The molecule has 408 valence electrons. The van der Waals surface area contributed by atoms with Gasteiger partial charge in [0.2, 0.25) is 0 Å². The highest BCUT2D eigenvalue weighted by Gasteiger charge is 2.54. The maximum atomic E-state index is 13.0. The summed E-state index contributed by atoms with van der Waals surface area (Å²) in [5.74, 6) is -1.53. The van der Waals surface area contributed by atoms with Gasteiger partial charge in [0.25, 0.3) is 0 Å². The molecule has 71 heavy (non-hydrogen) atoms. The van der Waals surface area contributed by atoms with E-state index in [0.717, 1.165) is 51.4 Å². The zero-order chi connectivity index (χ0) is 52.8. The molecule has 20 heteroatoms. The molecule has 9 N–H and O–H groups in total. The first-order valence-electron chi connectivity index (χ1n) is 25.3. The number of rotatable bonds is 41. The van der Waals surface area contributed by atoms with E-state index in [2.05, 4.69) is 85.2 Å². The molecule has 1 saturated carbocycles. The molecule has 10 atom stereocenters. The van der Waals surface area contributed by atoms with Crippen LogP contribution in [0.4, 0.5) is 0 Å².